The van der Waals surface area contributed by atoms with Gasteiger partial charge >= 0.3 is 5.97 Å². The number of carbonyl (C=O) groups excluding carboxylic acids is 1. The molecule has 0 aromatic heterocycles. The average molecular weight is 359 g/mol. The Bertz CT molecular complexity index is 727. The van der Waals surface area contributed by atoms with Gasteiger partial charge in [0.15, 0.2) is 0 Å². The molecule has 3 rings (SSSR count). The summed E-state index contributed by atoms with van der Waals surface area (Å²) in [6.45, 7) is 4.56. The zero-order chi connectivity index (χ0) is 18.7. The summed E-state index contributed by atoms with van der Waals surface area (Å²) in [5.41, 5.74) is 1.23. The minimum Gasteiger partial charge on any atom is -0.465 e. The number of hydrogen-bond acceptors (Lipinski definition) is 6. The molecule has 3 unspecified atom stereocenters. The molecule has 140 valence electrons. The molecule has 1 aromatic rings. The number of carbonyl (C=O) groups is 1. The van der Waals surface area contributed by atoms with Crippen molar-refractivity contribution < 1.29 is 24.1 Å². The van der Waals surface area contributed by atoms with E-state index < -0.39 is 12.2 Å². The van der Waals surface area contributed by atoms with Crippen LogP contribution in [0.1, 0.15) is 25.3 Å². The largest absolute Gasteiger partial charge is 0.465 e. The number of ether oxygens (including phenoxy) is 3. The smallest absolute Gasteiger partial charge is 0.343 e. The standard InChI is InChI=1S/C20H25NO5/c1-13-6-4-5-7-17(13)26-18-11-19(22)21(12-16(18)20(23)24-3)15-8-9-25-14(2)10-15/h4-7,11-12,14-15,19,22H,8-10H2,1-3H3. The van der Waals surface area contributed by atoms with Crippen LogP contribution in [0.3, 0.4) is 0 Å². The summed E-state index contributed by atoms with van der Waals surface area (Å²) in [5.74, 6) is 0.436. The van der Waals surface area contributed by atoms with Crippen LogP contribution in [0, 0.1) is 6.92 Å². The van der Waals surface area contributed by atoms with Gasteiger partial charge in [0.05, 0.1) is 13.2 Å². The number of hydrogen-bond donors (Lipinski definition) is 1. The Morgan fingerprint density at radius 3 is 2.81 bits per heavy atom. The Kier molecular flexibility index (Phi) is 5.64. The normalized spacial score (nSPS) is 26.0. The van der Waals surface area contributed by atoms with Crippen molar-refractivity contribution in [3.63, 3.8) is 0 Å². The van der Waals surface area contributed by atoms with Crippen molar-refractivity contribution in [3.8, 4) is 5.75 Å². The second kappa shape index (κ2) is 7.93. The highest BCUT2D eigenvalue weighted by molar-refractivity contribution is 5.93. The number of nitrogens with zero attached hydrogens (tertiary/aromatic N) is 1. The van der Waals surface area contributed by atoms with Crippen LogP contribution >= 0.6 is 0 Å². The number of para-hydroxylation sites is 1. The molecule has 0 bridgehead atoms. The molecule has 2 heterocycles. The third-order valence-corrected chi connectivity index (χ3v) is 4.75. The van der Waals surface area contributed by atoms with Gasteiger partial charge in [-0.2, -0.15) is 0 Å². The van der Waals surface area contributed by atoms with Crippen LogP contribution in [-0.2, 0) is 14.3 Å². The van der Waals surface area contributed by atoms with E-state index in [0.717, 1.165) is 18.4 Å². The van der Waals surface area contributed by atoms with Crippen LogP contribution in [-0.4, -0.2) is 48.1 Å². The highest BCUT2D eigenvalue weighted by Gasteiger charge is 2.33. The number of benzene rings is 1. The molecule has 1 saturated heterocycles. The van der Waals surface area contributed by atoms with Crippen molar-refractivity contribution in [3.05, 3.63) is 53.4 Å². The second-order valence-electron chi connectivity index (χ2n) is 6.65. The molecule has 0 radical (unpaired) electrons. The number of rotatable bonds is 4. The molecule has 2 aliphatic rings. The molecule has 3 atom stereocenters. The number of aliphatic hydroxyl groups excluding tert-OH is 1. The van der Waals surface area contributed by atoms with Crippen LogP contribution in [0.25, 0.3) is 0 Å². The number of aryl methyl sites for hydroxylation is 1. The summed E-state index contributed by atoms with van der Waals surface area (Å²) in [4.78, 5) is 14.1. The molecule has 0 amide bonds. The average Bonchev–Trinajstić information content (AvgIpc) is 2.63. The molecule has 6 nitrogen and oxygen atoms in total. The lowest BCUT2D eigenvalue weighted by Crippen LogP contribution is -2.45. The lowest BCUT2D eigenvalue weighted by atomic mass is 10.0. The summed E-state index contributed by atoms with van der Waals surface area (Å²) in [7, 11) is 1.33. The van der Waals surface area contributed by atoms with E-state index in [1.165, 1.54) is 7.11 Å². The number of esters is 1. The summed E-state index contributed by atoms with van der Waals surface area (Å²) in [5, 5.41) is 10.6. The van der Waals surface area contributed by atoms with Crippen molar-refractivity contribution in [2.45, 2.75) is 45.1 Å². The van der Waals surface area contributed by atoms with Crippen LogP contribution in [0.5, 0.6) is 5.75 Å². The van der Waals surface area contributed by atoms with Crippen molar-refractivity contribution >= 4 is 5.97 Å². The van der Waals surface area contributed by atoms with Gasteiger partial charge in [-0.3, -0.25) is 0 Å². The fraction of sp³-hybridized carbons (Fsp3) is 0.450. The minimum absolute atomic E-state index is 0.0877. The van der Waals surface area contributed by atoms with Gasteiger partial charge in [-0.15, -0.1) is 0 Å². The Morgan fingerprint density at radius 1 is 1.35 bits per heavy atom. The molecule has 1 fully saturated rings. The SMILES string of the molecule is COC(=O)C1=CN(C2CCOC(C)C2)C(O)C=C1Oc1ccccc1C. The number of methoxy groups -OCH3 is 1. The molecule has 2 aliphatic heterocycles. The number of aliphatic hydroxyl groups is 1. The van der Waals surface area contributed by atoms with Crippen molar-refractivity contribution in [2.24, 2.45) is 0 Å². The molecule has 1 N–H and O–H groups in total. The van der Waals surface area contributed by atoms with E-state index >= 15 is 0 Å². The van der Waals surface area contributed by atoms with E-state index in [-0.39, 0.29) is 12.1 Å². The molecular weight excluding hydrogens is 334 g/mol. The molecule has 26 heavy (non-hydrogen) atoms. The van der Waals surface area contributed by atoms with Crippen molar-refractivity contribution in [2.75, 3.05) is 13.7 Å². The molecular formula is C20H25NO5. The molecule has 0 spiro atoms. The van der Waals surface area contributed by atoms with E-state index in [9.17, 15) is 9.90 Å². The monoisotopic (exact) mass is 359 g/mol. The van der Waals surface area contributed by atoms with Gasteiger partial charge in [-0.05, 0) is 38.3 Å². The molecule has 1 aromatic carbocycles. The molecule has 6 heteroatoms. The Hall–Kier alpha value is -2.31. The third-order valence-electron chi connectivity index (χ3n) is 4.75. The Morgan fingerprint density at radius 2 is 2.12 bits per heavy atom. The fourth-order valence-corrected chi connectivity index (χ4v) is 3.31. The van der Waals surface area contributed by atoms with Crippen LogP contribution in [0.2, 0.25) is 0 Å². The lowest BCUT2D eigenvalue weighted by Gasteiger charge is -2.40. The Labute approximate surface area is 153 Å². The van der Waals surface area contributed by atoms with Gasteiger partial charge < -0.3 is 24.2 Å². The first-order chi connectivity index (χ1) is 12.5. The Balaban J connectivity index is 1.88. The van der Waals surface area contributed by atoms with Crippen LogP contribution in [0.15, 0.2) is 47.9 Å². The fourth-order valence-electron chi connectivity index (χ4n) is 3.31. The van der Waals surface area contributed by atoms with Crippen LogP contribution in [0.4, 0.5) is 0 Å². The van der Waals surface area contributed by atoms with E-state index in [2.05, 4.69) is 0 Å². The zero-order valence-corrected chi connectivity index (χ0v) is 15.3. The van der Waals surface area contributed by atoms with Gasteiger partial charge in [0.25, 0.3) is 0 Å². The van der Waals surface area contributed by atoms with E-state index in [4.69, 9.17) is 14.2 Å². The van der Waals surface area contributed by atoms with Gasteiger partial charge in [-0.25, -0.2) is 4.79 Å². The minimum atomic E-state index is -0.877. The molecule has 0 saturated carbocycles. The summed E-state index contributed by atoms with van der Waals surface area (Å²) in [6, 6.07) is 7.61. The molecule has 0 aliphatic carbocycles. The second-order valence-corrected chi connectivity index (χ2v) is 6.65. The quantitative estimate of drug-likeness (QED) is 0.833. The van der Waals surface area contributed by atoms with Gasteiger partial charge in [-0.1, -0.05) is 18.2 Å². The first-order valence-corrected chi connectivity index (χ1v) is 8.82. The predicted octanol–water partition coefficient (Wildman–Crippen LogP) is 2.52. The topological polar surface area (TPSA) is 68.2 Å². The lowest BCUT2D eigenvalue weighted by molar-refractivity contribution is -0.136. The van der Waals surface area contributed by atoms with Gasteiger partial charge in [0, 0.05) is 24.9 Å². The van der Waals surface area contributed by atoms with E-state index in [1.807, 2.05) is 38.1 Å². The predicted molar refractivity (Wildman–Crippen MR) is 96.3 cm³/mol. The van der Waals surface area contributed by atoms with Crippen LogP contribution < -0.4 is 4.74 Å². The maximum atomic E-state index is 12.3. The summed E-state index contributed by atoms with van der Waals surface area (Å²) in [6.07, 6.45) is 4.01. The summed E-state index contributed by atoms with van der Waals surface area (Å²) < 4.78 is 16.4. The van der Waals surface area contributed by atoms with Crippen molar-refractivity contribution in [1.29, 1.82) is 0 Å². The maximum absolute atomic E-state index is 12.3. The first kappa shape index (κ1) is 18.5. The van der Waals surface area contributed by atoms with Gasteiger partial charge in [0.2, 0.25) is 0 Å². The van der Waals surface area contributed by atoms with E-state index in [0.29, 0.717) is 23.7 Å². The zero-order valence-electron chi connectivity index (χ0n) is 15.3. The van der Waals surface area contributed by atoms with Crippen molar-refractivity contribution in [1.82, 2.24) is 4.90 Å². The van der Waals surface area contributed by atoms with Gasteiger partial charge in [0.1, 0.15) is 23.3 Å². The highest BCUT2D eigenvalue weighted by Crippen LogP contribution is 2.30. The maximum Gasteiger partial charge on any atom is 0.343 e. The highest BCUT2D eigenvalue weighted by atomic mass is 16.5. The third kappa shape index (κ3) is 3.92. The van der Waals surface area contributed by atoms with E-state index in [1.54, 1.807) is 17.2 Å². The summed E-state index contributed by atoms with van der Waals surface area (Å²) >= 11 is 0. The first-order valence-electron chi connectivity index (χ1n) is 8.82.